The summed E-state index contributed by atoms with van der Waals surface area (Å²) in [4.78, 5) is 0. The molecule has 0 amide bonds. The van der Waals surface area contributed by atoms with Crippen molar-refractivity contribution < 1.29 is 9.84 Å². The third-order valence-electron chi connectivity index (χ3n) is 3.77. The van der Waals surface area contributed by atoms with E-state index < -0.39 is 6.10 Å². The normalized spacial score (nSPS) is 13.2. The van der Waals surface area contributed by atoms with E-state index in [1.54, 1.807) is 0 Å². The largest absolute Gasteiger partial charge is 0.491 e. The Morgan fingerprint density at radius 3 is 2.40 bits per heavy atom. The van der Waals surface area contributed by atoms with Gasteiger partial charge in [0.2, 0.25) is 0 Å². The number of aliphatic hydroxyl groups is 1. The maximum atomic E-state index is 9.77. The van der Waals surface area contributed by atoms with E-state index in [4.69, 9.17) is 4.74 Å². The minimum absolute atomic E-state index is 0.197. The SMILES string of the molecule is CCCNCC(O)COc1ccc(C(C)(C)CC)cc1. The fraction of sp³-hybridized carbons (Fsp3) is 0.647. The Morgan fingerprint density at radius 2 is 1.85 bits per heavy atom. The molecule has 0 bridgehead atoms. The molecule has 0 fully saturated rings. The highest BCUT2D eigenvalue weighted by molar-refractivity contribution is 5.31. The van der Waals surface area contributed by atoms with Gasteiger partial charge < -0.3 is 15.2 Å². The van der Waals surface area contributed by atoms with E-state index in [1.807, 2.05) is 12.1 Å². The van der Waals surface area contributed by atoms with Gasteiger partial charge in [-0.05, 0) is 42.5 Å². The second-order valence-electron chi connectivity index (χ2n) is 5.93. The standard InChI is InChI=1S/C17H29NO2/c1-5-11-18-12-15(19)13-20-16-9-7-14(8-10-16)17(3,4)6-2/h7-10,15,18-19H,5-6,11-13H2,1-4H3. The number of hydrogen-bond acceptors (Lipinski definition) is 3. The molecule has 0 aromatic heterocycles. The summed E-state index contributed by atoms with van der Waals surface area (Å²) in [7, 11) is 0. The van der Waals surface area contributed by atoms with Gasteiger partial charge in [-0.3, -0.25) is 0 Å². The van der Waals surface area contributed by atoms with Crippen LogP contribution in [0.2, 0.25) is 0 Å². The molecule has 0 aliphatic heterocycles. The Bertz CT molecular complexity index is 373. The van der Waals surface area contributed by atoms with E-state index in [1.165, 1.54) is 5.56 Å². The molecule has 2 N–H and O–H groups in total. The fourth-order valence-electron chi connectivity index (χ4n) is 1.90. The molecule has 3 heteroatoms. The van der Waals surface area contributed by atoms with Crippen LogP contribution in [0.4, 0.5) is 0 Å². The second-order valence-corrected chi connectivity index (χ2v) is 5.93. The van der Waals surface area contributed by atoms with Gasteiger partial charge >= 0.3 is 0 Å². The van der Waals surface area contributed by atoms with Gasteiger partial charge in [0, 0.05) is 6.54 Å². The molecular formula is C17H29NO2. The minimum Gasteiger partial charge on any atom is -0.491 e. The van der Waals surface area contributed by atoms with Crippen molar-refractivity contribution in [2.75, 3.05) is 19.7 Å². The zero-order chi connectivity index (χ0) is 15.0. The van der Waals surface area contributed by atoms with Crippen molar-refractivity contribution in [3.05, 3.63) is 29.8 Å². The number of rotatable bonds is 9. The molecule has 0 spiro atoms. The molecule has 0 saturated heterocycles. The summed E-state index contributed by atoms with van der Waals surface area (Å²) in [6.07, 6.45) is 1.71. The Balaban J connectivity index is 2.42. The van der Waals surface area contributed by atoms with Crippen LogP contribution in [0.25, 0.3) is 0 Å². The van der Waals surface area contributed by atoms with Crippen molar-refractivity contribution in [1.82, 2.24) is 5.32 Å². The van der Waals surface area contributed by atoms with Crippen LogP contribution in [0.3, 0.4) is 0 Å². The first-order valence-electron chi connectivity index (χ1n) is 7.61. The summed E-state index contributed by atoms with van der Waals surface area (Å²) in [5.74, 6) is 0.815. The lowest BCUT2D eigenvalue weighted by Gasteiger charge is -2.23. The van der Waals surface area contributed by atoms with E-state index in [2.05, 4.69) is 45.1 Å². The molecule has 1 rings (SSSR count). The molecule has 0 radical (unpaired) electrons. The fourth-order valence-corrected chi connectivity index (χ4v) is 1.90. The number of benzene rings is 1. The molecule has 1 unspecified atom stereocenters. The molecular weight excluding hydrogens is 250 g/mol. The zero-order valence-corrected chi connectivity index (χ0v) is 13.3. The number of aliphatic hydroxyl groups excluding tert-OH is 1. The van der Waals surface area contributed by atoms with E-state index >= 15 is 0 Å². The zero-order valence-electron chi connectivity index (χ0n) is 13.3. The third kappa shape index (κ3) is 5.51. The minimum atomic E-state index is -0.465. The van der Waals surface area contributed by atoms with Gasteiger partial charge in [0.25, 0.3) is 0 Å². The highest BCUT2D eigenvalue weighted by Crippen LogP contribution is 2.27. The molecule has 0 aliphatic carbocycles. The van der Waals surface area contributed by atoms with Crippen molar-refractivity contribution >= 4 is 0 Å². The van der Waals surface area contributed by atoms with Crippen LogP contribution in [0.1, 0.15) is 46.1 Å². The average molecular weight is 279 g/mol. The summed E-state index contributed by atoms with van der Waals surface area (Å²) >= 11 is 0. The lowest BCUT2D eigenvalue weighted by atomic mass is 9.82. The maximum absolute atomic E-state index is 9.77. The molecule has 0 aliphatic rings. The number of hydrogen-bond donors (Lipinski definition) is 2. The van der Waals surface area contributed by atoms with Gasteiger partial charge in [-0.1, -0.05) is 39.8 Å². The van der Waals surface area contributed by atoms with Gasteiger partial charge in [-0.2, -0.15) is 0 Å². The molecule has 0 saturated carbocycles. The van der Waals surface area contributed by atoms with E-state index in [0.717, 1.165) is 25.1 Å². The average Bonchev–Trinajstić information content (AvgIpc) is 2.46. The Kier molecular flexibility index (Phi) is 7.03. The van der Waals surface area contributed by atoms with Gasteiger partial charge in [-0.15, -0.1) is 0 Å². The highest BCUT2D eigenvalue weighted by atomic mass is 16.5. The van der Waals surface area contributed by atoms with Crippen molar-refractivity contribution in [2.24, 2.45) is 0 Å². The predicted octanol–water partition coefficient (Wildman–Crippen LogP) is 3.11. The lowest BCUT2D eigenvalue weighted by molar-refractivity contribution is 0.106. The molecule has 20 heavy (non-hydrogen) atoms. The molecule has 0 heterocycles. The summed E-state index contributed by atoms with van der Waals surface area (Å²) < 4.78 is 5.61. The van der Waals surface area contributed by atoms with Gasteiger partial charge in [0.15, 0.2) is 0 Å². The topological polar surface area (TPSA) is 41.5 Å². The quantitative estimate of drug-likeness (QED) is 0.682. The Morgan fingerprint density at radius 1 is 1.20 bits per heavy atom. The first kappa shape index (κ1) is 17.0. The first-order valence-corrected chi connectivity index (χ1v) is 7.61. The Labute approximate surface area is 123 Å². The van der Waals surface area contributed by atoms with Crippen LogP contribution in [0.15, 0.2) is 24.3 Å². The van der Waals surface area contributed by atoms with Crippen LogP contribution in [-0.2, 0) is 5.41 Å². The van der Waals surface area contributed by atoms with Gasteiger partial charge in [0.05, 0.1) is 0 Å². The summed E-state index contributed by atoms with van der Waals surface area (Å²) in [6.45, 7) is 10.6. The summed E-state index contributed by atoms with van der Waals surface area (Å²) in [6, 6.07) is 8.19. The Hall–Kier alpha value is -1.06. The second kappa shape index (κ2) is 8.28. The molecule has 114 valence electrons. The lowest BCUT2D eigenvalue weighted by Crippen LogP contribution is -2.31. The maximum Gasteiger partial charge on any atom is 0.119 e. The first-order chi connectivity index (χ1) is 9.49. The van der Waals surface area contributed by atoms with Crippen molar-refractivity contribution in [3.8, 4) is 5.75 Å². The monoisotopic (exact) mass is 279 g/mol. The van der Waals surface area contributed by atoms with Crippen LogP contribution in [0.5, 0.6) is 5.75 Å². The van der Waals surface area contributed by atoms with Crippen LogP contribution in [-0.4, -0.2) is 30.9 Å². The van der Waals surface area contributed by atoms with Crippen molar-refractivity contribution in [1.29, 1.82) is 0 Å². The van der Waals surface area contributed by atoms with Crippen molar-refractivity contribution in [3.63, 3.8) is 0 Å². The number of ether oxygens (including phenoxy) is 1. The van der Waals surface area contributed by atoms with Crippen LogP contribution in [0, 0.1) is 0 Å². The molecule has 1 atom stereocenters. The number of nitrogens with one attached hydrogen (secondary N) is 1. The van der Waals surface area contributed by atoms with Crippen molar-refractivity contribution in [2.45, 2.75) is 52.1 Å². The predicted molar refractivity (Wildman–Crippen MR) is 84.4 cm³/mol. The van der Waals surface area contributed by atoms with E-state index in [9.17, 15) is 5.11 Å². The van der Waals surface area contributed by atoms with Crippen LogP contribution >= 0.6 is 0 Å². The van der Waals surface area contributed by atoms with E-state index in [0.29, 0.717) is 13.2 Å². The summed E-state index contributed by atoms with van der Waals surface area (Å²) in [5, 5.41) is 12.9. The molecule has 1 aromatic carbocycles. The third-order valence-corrected chi connectivity index (χ3v) is 3.77. The highest BCUT2D eigenvalue weighted by Gasteiger charge is 2.17. The smallest absolute Gasteiger partial charge is 0.119 e. The van der Waals surface area contributed by atoms with Crippen LogP contribution < -0.4 is 10.1 Å². The molecule has 1 aromatic rings. The van der Waals surface area contributed by atoms with Gasteiger partial charge in [0.1, 0.15) is 18.5 Å². The summed E-state index contributed by atoms with van der Waals surface area (Å²) in [5.41, 5.74) is 1.51. The molecule has 3 nitrogen and oxygen atoms in total. The van der Waals surface area contributed by atoms with E-state index in [-0.39, 0.29) is 5.41 Å². The van der Waals surface area contributed by atoms with Gasteiger partial charge in [-0.25, -0.2) is 0 Å².